The Hall–Kier alpha value is -2.18. The molecular formula is C17H22N4O2. The van der Waals surface area contributed by atoms with Crippen molar-refractivity contribution in [2.75, 3.05) is 19.7 Å². The predicted molar refractivity (Wildman–Crippen MR) is 86.8 cm³/mol. The molecule has 122 valence electrons. The summed E-state index contributed by atoms with van der Waals surface area (Å²) in [7, 11) is 1.74. The highest BCUT2D eigenvalue weighted by molar-refractivity contribution is 5.92. The van der Waals surface area contributed by atoms with Crippen LogP contribution in [0.2, 0.25) is 0 Å². The lowest BCUT2D eigenvalue weighted by Crippen LogP contribution is -2.42. The van der Waals surface area contributed by atoms with Crippen LogP contribution in [0.4, 0.5) is 0 Å². The second-order valence-corrected chi connectivity index (χ2v) is 6.04. The average Bonchev–Trinajstić information content (AvgIpc) is 3.14. The summed E-state index contributed by atoms with van der Waals surface area (Å²) < 4.78 is 1.56. The van der Waals surface area contributed by atoms with E-state index in [4.69, 9.17) is 0 Å². The molecular weight excluding hydrogens is 292 g/mol. The van der Waals surface area contributed by atoms with Gasteiger partial charge in [0.05, 0.1) is 0 Å². The molecule has 1 amide bonds. The van der Waals surface area contributed by atoms with Gasteiger partial charge in [-0.3, -0.25) is 14.4 Å². The van der Waals surface area contributed by atoms with Gasteiger partial charge in [-0.05, 0) is 11.6 Å². The molecule has 1 aliphatic rings. The van der Waals surface area contributed by atoms with E-state index < -0.39 is 0 Å². The van der Waals surface area contributed by atoms with Gasteiger partial charge >= 0.3 is 0 Å². The van der Waals surface area contributed by atoms with Crippen molar-refractivity contribution in [1.82, 2.24) is 20.0 Å². The molecule has 6 nitrogen and oxygen atoms in total. The third-order valence-electron chi connectivity index (χ3n) is 4.37. The highest BCUT2D eigenvalue weighted by Crippen LogP contribution is 2.19. The second-order valence-electron chi connectivity index (χ2n) is 6.04. The Morgan fingerprint density at radius 1 is 1.30 bits per heavy atom. The van der Waals surface area contributed by atoms with Crippen molar-refractivity contribution >= 4 is 5.91 Å². The number of hydrogen-bond acceptors (Lipinski definition) is 4. The molecule has 0 saturated carbocycles. The number of aliphatic hydroxyl groups is 1. The van der Waals surface area contributed by atoms with E-state index in [-0.39, 0.29) is 24.5 Å². The summed E-state index contributed by atoms with van der Waals surface area (Å²) in [5, 5.41) is 16.7. The van der Waals surface area contributed by atoms with E-state index in [1.807, 2.05) is 18.2 Å². The van der Waals surface area contributed by atoms with E-state index in [2.05, 4.69) is 27.4 Å². The van der Waals surface area contributed by atoms with Crippen LogP contribution in [0.3, 0.4) is 0 Å². The zero-order valence-electron chi connectivity index (χ0n) is 13.2. The number of nitrogens with zero attached hydrogens (tertiary/aromatic N) is 3. The van der Waals surface area contributed by atoms with Gasteiger partial charge in [0.2, 0.25) is 0 Å². The van der Waals surface area contributed by atoms with E-state index in [0.717, 1.165) is 19.6 Å². The molecule has 1 aromatic heterocycles. The Labute approximate surface area is 135 Å². The maximum atomic E-state index is 12.3. The van der Waals surface area contributed by atoms with E-state index in [1.54, 1.807) is 24.0 Å². The van der Waals surface area contributed by atoms with Gasteiger partial charge in [-0.2, -0.15) is 5.10 Å². The molecule has 3 rings (SSSR count). The molecule has 1 aromatic carbocycles. The second kappa shape index (κ2) is 6.93. The van der Waals surface area contributed by atoms with Crippen LogP contribution in [-0.2, 0) is 13.6 Å². The van der Waals surface area contributed by atoms with Crippen LogP contribution in [0.25, 0.3) is 0 Å². The summed E-state index contributed by atoms with van der Waals surface area (Å²) in [6, 6.07) is 11.9. The molecule has 0 aliphatic carbocycles. The minimum atomic E-state index is -0.144. The Morgan fingerprint density at radius 3 is 2.74 bits per heavy atom. The van der Waals surface area contributed by atoms with Gasteiger partial charge in [0.15, 0.2) is 0 Å². The lowest BCUT2D eigenvalue weighted by Gasteiger charge is -2.18. The summed E-state index contributed by atoms with van der Waals surface area (Å²) in [6.07, 6.45) is 1.61. The molecule has 0 bridgehead atoms. The van der Waals surface area contributed by atoms with E-state index >= 15 is 0 Å². The van der Waals surface area contributed by atoms with Crippen LogP contribution in [0, 0.1) is 5.92 Å². The number of likely N-dealkylation sites (tertiary alicyclic amines) is 1. The number of hydrogen-bond donors (Lipinski definition) is 2. The lowest BCUT2D eigenvalue weighted by atomic mass is 10.1. The standard InChI is InChI=1S/C17H22N4O2/c1-20-16(7-8-18-20)17(23)19-15-11-21(10-14(15)12-22)9-13-5-3-2-4-6-13/h2-8,14-15,22H,9-12H2,1H3,(H,19,23)/t14-,15+/m0/s1. The van der Waals surface area contributed by atoms with E-state index in [0.29, 0.717) is 5.69 Å². The first-order valence-corrected chi connectivity index (χ1v) is 7.83. The normalized spacial score (nSPS) is 21.5. The van der Waals surface area contributed by atoms with Gasteiger partial charge in [-0.15, -0.1) is 0 Å². The first kappa shape index (κ1) is 15.7. The molecule has 2 heterocycles. The zero-order chi connectivity index (χ0) is 16.2. The van der Waals surface area contributed by atoms with Crippen molar-refractivity contribution in [3.05, 3.63) is 53.9 Å². The summed E-state index contributed by atoms with van der Waals surface area (Å²) in [5.41, 5.74) is 1.77. The molecule has 23 heavy (non-hydrogen) atoms. The third kappa shape index (κ3) is 3.60. The number of benzene rings is 1. The van der Waals surface area contributed by atoms with Gasteiger partial charge in [-0.1, -0.05) is 30.3 Å². The van der Waals surface area contributed by atoms with Crippen LogP contribution in [0.15, 0.2) is 42.6 Å². The van der Waals surface area contributed by atoms with Crippen molar-refractivity contribution in [2.45, 2.75) is 12.6 Å². The number of amides is 1. The maximum Gasteiger partial charge on any atom is 0.269 e. The zero-order valence-corrected chi connectivity index (χ0v) is 13.2. The predicted octanol–water partition coefficient (Wildman–Crippen LogP) is 0.643. The van der Waals surface area contributed by atoms with Gasteiger partial charge in [0.25, 0.3) is 5.91 Å². The summed E-state index contributed by atoms with van der Waals surface area (Å²) >= 11 is 0. The fourth-order valence-corrected chi connectivity index (χ4v) is 3.12. The van der Waals surface area contributed by atoms with Crippen molar-refractivity contribution < 1.29 is 9.90 Å². The van der Waals surface area contributed by atoms with Crippen LogP contribution in [-0.4, -0.2) is 51.4 Å². The first-order valence-electron chi connectivity index (χ1n) is 7.83. The molecule has 2 N–H and O–H groups in total. The smallest absolute Gasteiger partial charge is 0.269 e. The molecule has 1 fully saturated rings. The molecule has 0 spiro atoms. The molecule has 0 radical (unpaired) electrons. The van der Waals surface area contributed by atoms with Gasteiger partial charge < -0.3 is 10.4 Å². The fourth-order valence-electron chi connectivity index (χ4n) is 3.12. The topological polar surface area (TPSA) is 70.4 Å². The number of aryl methyl sites for hydroxylation is 1. The lowest BCUT2D eigenvalue weighted by molar-refractivity contribution is 0.0911. The largest absolute Gasteiger partial charge is 0.396 e. The summed E-state index contributed by atoms with van der Waals surface area (Å²) in [6.45, 7) is 2.42. The van der Waals surface area contributed by atoms with Crippen LogP contribution < -0.4 is 5.32 Å². The van der Waals surface area contributed by atoms with Gasteiger partial charge in [0.1, 0.15) is 5.69 Å². The first-order chi connectivity index (χ1) is 11.2. The average molecular weight is 314 g/mol. The Morgan fingerprint density at radius 2 is 2.09 bits per heavy atom. The molecule has 0 unspecified atom stereocenters. The molecule has 1 saturated heterocycles. The summed E-state index contributed by atoms with van der Waals surface area (Å²) in [5.74, 6) is -0.0918. The molecule has 1 aliphatic heterocycles. The third-order valence-corrected chi connectivity index (χ3v) is 4.37. The highest BCUT2D eigenvalue weighted by atomic mass is 16.3. The van der Waals surface area contributed by atoms with E-state index in [9.17, 15) is 9.90 Å². The Bertz CT molecular complexity index is 656. The van der Waals surface area contributed by atoms with Crippen molar-refractivity contribution in [1.29, 1.82) is 0 Å². The van der Waals surface area contributed by atoms with Crippen molar-refractivity contribution in [3.8, 4) is 0 Å². The number of nitrogens with one attached hydrogen (secondary N) is 1. The number of carbonyl (C=O) groups excluding carboxylic acids is 1. The number of aromatic nitrogens is 2. The van der Waals surface area contributed by atoms with Crippen LogP contribution >= 0.6 is 0 Å². The maximum absolute atomic E-state index is 12.3. The van der Waals surface area contributed by atoms with Gasteiger partial charge in [0, 0.05) is 51.4 Å². The SMILES string of the molecule is Cn1nccc1C(=O)N[C@@H]1CN(Cc2ccccc2)C[C@H]1CO. The van der Waals surface area contributed by atoms with Crippen molar-refractivity contribution in [3.63, 3.8) is 0 Å². The number of carbonyl (C=O) groups is 1. The minimum absolute atomic E-state index is 0.0499. The quantitative estimate of drug-likeness (QED) is 0.850. The van der Waals surface area contributed by atoms with Crippen molar-refractivity contribution in [2.24, 2.45) is 13.0 Å². The molecule has 6 heteroatoms. The highest BCUT2D eigenvalue weighted by Gasteiger charge is 2.33. The summed E-state index contributed by atoms with van der Waals surface area (Å²) in [4.78, 5) is 14.6. The monoisotopic (exact) mass is 314 g/mol. The Kier molecular flexibility index (Phi) is 4.73. The molecule has 2 atom stereocenters. The van der Waals surface area contributed by atoms with Crippen LogP contribution in [0.5, 0.6) is 0 Å². The van der Waals surface area contributed by atoms with Crippen LogP contribution in [0.1, 0.15) is 16.1 Å². The Balaban J connectivity index is 1.63. The number of rotatable bonds is 5. The number of aliphatic hydroxyl groups excluding tert-OH is 1. The molecule has 2 aromatic rings. The van der Waals surface area contributed by atoms with E-state index in [1.165, 1.54) is 5.56 Å². The van der Waals surface area contributed by atoms with Gasteiger partial charge in [-0.25, -0.2) is 0 Å². The fraction of sp³-hybridized carbons (Fsp3) is 0.412. The minimum Gasteiger partial charge on any atom is -0.396 e.